The van der Waals surface area contributed by atoms with Gasteiger partial charge in [0.15, 0.2) is 12.4 Å². The fourth-order valence-corrected chi connectivity index (χ4v) is 1.97. The van der Waals surface area contributed by atoms with Gasteiger partial charge < -0.3 is 9.47 Å². The van der Waals surface area contributed by atoms with Crippen molar-refractivity contribution in [3.63, 3.8) is 0 Å². The summed E-state index contributed by atoms with van der Waals surface area (Å²) in [5.74, 6) is 3.98. The molecule has 0 aliphatic rings. The molecule has 1 aromatic heterocycles. The highest BCUT2D eigenvalue weighted by molar-refractivity contribution is 5.74. The second kappa shape index (κ2) is 6.62. The zero-order chi connectivity index (χ0) is 15.2. The van der Waals surface area contributed by atoms with E-state index < -0.39 is 0 Å². The average molecular weight is 280 g/mol. The van der Waals surface area contributed by atoms with E-state index in [1.54, 1.807) is 14.2 Å². The number of ether oxygens (including phenoxy) is 2. The van der Waals surface area contributed by atoms with E-state index >= 15 is 0 Å². The van der Waals surface area contributed by atoms with Crippen LogP contribution in [-0.4, -0.2) is 14.2 Å². The van der Waals surface area contributed by atoms with Crippen LogP contribution in [0.4, 0.5) is 0 Å². The fraction of sp³-hybridized carbons (Fsp3) is 0.167. The van der Waals surface area contributed by atoms with Gasteiger partial charge in [0.2, 0.25) is 0 Å². The maximum Gasteiger partial charge on any atom is 0.169 e. The summed E-state index contributed by atoms with van der Waals surface area (Å²) in [7, 11) is 5.22. The Labute approximate surface area is 125 Å². The summed E-state index contributed by atoms with van der Waals surface area (Å²) in [6.07, 6.45) is 13.5. The molecule has 1 aromatic carbocycles. The van der Waals surface area contributed by atoms with Crippen LogP contribution < -0.4 is 14.0 Å². The van der Waals surface area contributed by atoms with Crippen LogP contribution in [0.2, 0.25) is 0 Å². The van der Waals surface area contributed by atoms with Crippen LogP contribution in [0.25, 0.3) is 12.2 Å². The van der Waals surface area contributed by atoms with Crippen LogP contribution in [0.3, 0.4) is 0 Å². The highest BCUT2D eigenvalue weighted by Crippen LogP contribution is 2.29. The third kappa shape index (κ3) is 3.43. The number of rotatable bonds is 4. The van der Waals surface area contributed by atoms with E-state index in [0.717, 1.165) is 16.9 Å². The average Bonchev–Trinajstić information content (AvgIpc) is 2.53. The van der Waals surface area contributed by atoms with Crippen molar-refractivity contribution in [1.82, 2.24) is 0 Å². The standard InChI is InChI=1S/C18H18NO2/c1-5-15-12-18(21-4)16(13-17(15)20-3)7-6-14-8-10-19(2)11-9-14/h1,6-13H,2-4H3/q+1/b7-6+. The van der Waals surface area contributed by atoms with Gasteiger partial charge in [-0.2, -0.15) is 0 Å². The lowest BCUT2D eigenvalue weighted by molar-refractivity contribution is -0.671. The molecule has 2 rings (SSSR count). The third-order valence-corrected chi connectivity index (χ3v) is 3.17. The predicted molar refractivity (Wildman–Crippen MR) is 84.0 cm³/mol. The van der Waals surface area contributed by atoms with Gasteiger partial charge in [-0.15, -0.1) is 6.42 Å². The van der Waals surface area contributed by atoms with Crippen molar-refractivity contribution in [3.05, 3.63) is 53.3 Å². The summed E-state index contributed by atoms with van der Waals surface area (Å²) in [5.41, 5.74) is 2.70. The Kier molecular flexibility index (Phi) is 4.63. The zero-order valence-corrected chi connectivity index (χ0v) is 12.5. The number of aromatic nitrogens is 1. The zero-order valence-electron chi connectivity index (χ0n) is 12.5. The molecule has 21 heavy (non-hydrogen) atoms. The first-order valence-corrected chi connectivity index (χ1v) is 6.54. The van der Waals surface area contributed by atoms with Crippen molar-refractivity contribution < 1.29 is 14.0 Å². The molecule has 0 bridgehead atoms. The Morgan fingerprint density at radius 2 is 1.71 bits per heavy atom. The molecule has 0 fully saturated rings. The van der Waals surface area contributed by atoms with Crippen LogP contribution in [0.15, 0.2) is 36.7 Å². The summed E-state index contributed by atoms with van der Waals surface area (Å²) in [5, 5.41) is 0. The number of nitrogens with zero attached hydrogens (tertiary/aromatic N) is 1. The maximum absolute atomic E-state index is 5.47. The molecule has 0 atom stereocenters. The molecule has 0 amide bonds. The Morgan fingerprint density at radius 3 is 2.29 bits per heavy atom. The number of terminal acetylenes is 1. The summed E-state index contributed by atoms with van der Waals surface area (Å²) in [6.45, 7) is 0. The third-order valence-electron chi connectivity index (χ3n) is 3.17. The van der Waals surface area contributed by atoms with E-state index in [1.165, 1.54) is 0 Å². The fourth-order valence-electron chi connectivity index (χ4n) is 1.97. The topological polar surface area (TPSA) is 22.3 Å². The largest absolute Gasteiger partial charge is 0.496 e. The molecule has 3 nitrogen and oxygen atoms in total. The van der Waals surface area contributed by atoms with Gasteiger partial charge in [0.05, 0.1) is 19.8 Å². The molecule has 1 heterocycles. The molecule has 2 aromatic rings. The van der Waals surface area contributed by atoms with E-state index in [-0.39, 0.29) is 0 Å². The van der Waals surface area contributed by atoms with Crippen molar-refractivity contribution in [3.8, 4) is 23.8 Å². The van der Waals surface area contributed by atoms with Crippen molar-refractivity contribution in [2.75, 3.05) is 14.2 Å². The number of pyridine rings is 1. The molecule has 106 valence electrons. The van der Waals surface area contributed by atoms with Gasteiger partial charge in [0.1, 0.15) is 18.5 Å². The van der Waals surface area contributed by atoms with Gasteiger partial charge in [0, 0.05) is 23.8 Å². The first kappa shape index (κ1) is 14.7. The van der Waals surface area contributed by atoms with Crippen molar-refractivity contribution in [1.29, 1.82) is 0 Å². The van der Waals surface area contributed by atoms with Gasteiger partial charge >= 0.3 is 0 Å². The van der Waals surface area contributed by atoms with Gasteiger partial charge in [0.25, 0.3) is 0 Å². The lowest BCUT2D eigenvalue weighted by Crippen LogP contribution is -2.25. The van der Waals surface area contributed by atoms with E-state index in [9.17, 15) is 0 Å². The lowest BCUT2D eigenvalue weighted by Gasteiger charge is -2.10. The van der Waals surface area contributed by atoms with Gasteiger partial charge in [-0.05, 0) is 11.6 Å². The maximum atomic E-state index is 5.47. The van der Waals surface area contributed by atoms with Crippen molar-refractivity contribution in [2.24, 2.45) is 7.05 Å². The van der Waals surface area contributed by atoms with E-state index in [4.69, 9.17) is 15.9 Å². The summed E-state index contributed by atoms with van der Waals surface area (Å²) < 4.78 is 12.7. The minimum Gasteiger partial charge on any atom is -0.496 e. The lowest BCUT2D eigenvalue weighted by atomic mass is 10.1. The second-order valence-electron chi connectivity index (χ2n) is 4.57. The van der Waals surface area contributed by atoms with Crippen LogP contribution in [0.1, 0.15) is 16.7 Å². The Bertz CT molecular complexity index is 694. The van der Waals surface area contributed by atoms with Crippen LogP contribution in [-0.2, 0) is 7.05 Å². The van der Waals surface area contributed by atoms with Crippen LogP contribution in [0, 0.1) is 12.3 Å². The van der Waals surface area contributed by atoms with E-state index in [2.05, 4.69) is 5.92 Å². The SMILES string of the molecule is C#Cc1cc(OC)c(/C=C/c2cc[n+](C)cc2)cc1OC. The molecule has 3 heteroatoms. The summed E-state index contributed by atoms with van der Waals surface area (Å²) in [6, 6.07) is 7.77. The van der Waals surface area contributed by atoms with Gasteiger partial charge in [-0.25, -0.2) is 4.57 Å². The van der Waals surface area contributed by atoms with Crippen LogP contribution >= 0.6 is 0 Å². The molecule has 0 radical (unpaired) electrons. The van der Waals surface area contributed by atoms with Crippen LogP contribution in [0.5, 0.6) is 11.5 Å². The molecule has 0 unspecified atom stereocenters. The first-order chi connectivity index (χ1) is 10.2. The monoisotopic (exact) mass is 280 g/mol. The Balaban J connectivity index is 2.38. The minimum absolute atomic E-state index is 0.664. The Morgan fingerprint density at radius 1 is 1.05 bits per heavy atom. The molecule has 0 N–H and O–H groups in total. The number of aryl methyl sites for hydroxylation is 1. The summed E-state index contributed by atoms with van der Waals surface area (Å²) in [4.78, 5) is 0. The number of benzene rings is 1. The molecule has 0 saturated heterocycles. The van der Waals surface area contributed by atoms with Crippen molar-refractivity contribution in [2.45, 2.75) is 0 Å². The Hall–Kier alpha value is -2.73. The highest BCUT2D eigenvalue weighted by Gasteiger charge is 2.07. The van der Waals surface area contributed by atoms with Crippen molar-refractivity contribution >= 4 is 12.2 Å². The molecule has 0 aliphatic heterocycles. The number of hydrogen-bond acceptors (Lipinski definition) is 2. The second-order valence-corrected chi connectivity index (χ2v) is 4.57. The first-order valence-electron chi connectivity index (χ1n) is 6.54. The van der Waals surface area contributed by atoms with E-state index in [1.807, 2.05) is 60.4 Å². The molecule has 0 saturated carbocycles. The molecular weight excluding hydrogens is 262 g/mol. The van der Waals surface area contributed by atoms with Gasteiger partial charge in [-0.1, -0.05) is 18.1 Å². The quantitative estimate of drug-likeness (QED) is 0.634. The normalized spacial score (nSPS) is 10.4. The number of hydrogen-bond donors (Lipinski definition) is 0. The van der Waals surface area contributed by atoms with Gasteiger partial charge in [-0.3, -0.25) is 0 Å². The predicted octanol–water partition coefficient (Wildman–Crippen LogP) is 2.68. The highest BCUT2D eigenvalue weighted by atomic mass is 16.5. The smallest absolute Gasteiger partial charge is 0.169 e. The molecule has 0 aliphatic carbocycles. The van der Waals surface area contributed by atoms with E-state index in [0.29, 0.717) is 11.3 Å². The molecule has 0 spiro atoms. The minimum atomic E-state index is 0.664. The number of methoxy groups -OCH3 is 2. The molecular formula is C18H18NO2+. The summed E-state index contributed by atoms with van der Waals surface area (Å²) >= 11 is 0.